The Kier molecular flexibility index (Phi) is 7.92. The van der Waals surface area contributed by atoms with Crippen LogP contribution >= 0.6 is 0 Å². The minimum absolute atomic E-state index is 0.0955. The van der Waals surface area contributed by atoms with Gasteiger partial charge >= 0.3 is 0 Å². The summed E-state index contributed by atoms with van der Waals surface area (Å²) in [6.45, 7) is 8.25. The summed E-state index contributed by atoms with van der Waals surface area (Å²) in [5.41, 5.74) is 4.35. The summed E-state index contributed by atoms with van der Waals surface area (Å²) in [4.78, 5) is 16.9. The molecular weight excluding hydrogens is 490 g/mol. The van der Waals surface area contributed by atoms with Gasteiger partial charge in [-0.3, -0.25) is 9.52 Å². The smallest absolute Gasteiger partial charge is 0.261 e. The van der Waals surface area contributed by atoms with Crippen LogP contribution in [0.25, 0.3) is 0 Å². The lowest BCUT2D eigenvalue weighted by molar-refractivity contribution is -0.133. The van der Waals surface area contributed by atoms with Crippen molar-refractivity contribution < 1.29 is 22.7 Å². The van der Waals surface area contributed by atoms with Crippen molar-refractivity contribution >= 4 is 27.3 Å². The molecule has 196 valence electrons. The molecule has 0 atom stereocenters. The Bertz CT molecular complexity index is 1370. The molecule has 4 rings (SSSR count). The number of hydrogen-bond acceptors (Lipinski definition) is 6. The molecule has 0 radical (unpaired) electrons. The van der Waals surface area contributed by atoms with Crippen LogP contribution in [-0.4, -0.2) is 59.1 Å². The summed E-state index contributed by atoms with van der Waals surface area (Å²) in [7, 11) is -2.11. The van der Waals surface area contributed by atoms with E-state index in [0.717, 1.165) is 35.7 Å². The van der Waals surface area contributed by atoms with E-state index in [4.69, 9.17) is 9.47 Å². The molecule has 1 fully saturated rings. The number of nitrogens with zero attached hydrogens (tertiary/aromatic N) is 2. The third-order valence-electron chi connectivity index (χ3n) is 6.64. The van der Waals surface area contributed by atoms with Gasteiger partial charge in [0, 0.05) is 37.6 Å². The first kappa shape index (κ1) is 26.3. The standard InChI is InChI=1S/C28H33N3O5S/c1-20-5-6-23(17-21(20)2)29-37(33,34)26-11-12-27(22(3)18-26)36-19-28(32)31-15-13-30(14-16-31)24-7-9-25(35-4)10-8-24/h5-12,17-18,29H,13-16,19H2,1-4H3. The lowest BCUT2D eigenvalue weighted by atomic mass is 10.1. The summed E-state index contributed by atoms with van der Waals surface area (Å²) in [5, 5.41) is 0. The normalized spacial score (nSPS) is 13.8. The maximum atomic E-state index is 12.9. The molecule has 1 heterocycles. The van der Waals surface area contributed by atoms with Crippen LogP contribution in [0.5, 0.6) is 11.5 Å². The molecule has 0 saturated carbocycles. The number of ether oxygens (including phenoxy) is 2. The summed E-state index contributed by atoms with van der Waals surface area (Å²) >= 11 is 0. The van der Waals surface area contributed by atoms with Gasteiger partial charge in [0.2, 0.25) is 0 Å². The highest BCUT2D eigenvalue weighted by atomic mass is 32.2. The van der Waals surface area contributed by atoms with Crippen LogP contribution in [0.3, 0.4) is 0 Å². The van der Waals surface area contributed by atoms with E-state index in [9.17, 15) is 13.2 Å². The Balaban J connectivity index is 1.31. The molecule has 1 saturated heterocycles. The fourth-order valence-electron chi connectivity index (χ4n) is 4.21. The first-order valence-electron chi connectivity index (χ1n) is 12.2. The van der Waals surface area contributed by atoms with Crippen molar-refractivity contribution in [3.63, 3.8) is 0 Å². The first-order valence-corrected chi connectivity index (χ1v) is 13.6. The van der Waals surface area contributed by atoms with Gasteiger partial charge in [0.1, 0.15) is 11.5 Å². The molecule has 0 spiro atoms. The van der Waals surface area contributed by atoms with Gasteiger partial charge in [0.15, 0.2) is 6.61 Å². The van der Waals surface area contributed by atoms with E-state index in [1.54, 1.807) is 43.2 Å². The van der Waals surface area contributed by atoms with Crippen molar-refractivity contribution in [3.8, 4) is 11.5 Å². The number of aryl methyl sites for hydroxylation is 3. The molecular formula is C28H33N3O5S. The molecule has 0 unspecified atom stereocenters. The number of methoxy groups -OCH3 is 1. The molecule has 0 aromatic heterocycles. The molecule has 8 nitrogen and oxygen atoms in total. The number of carbonyl (C=O) groups is 1. The number of amides is 1. The molecule has 0 aliphatic carbocycles. The maximum absolute atomic E-state index is 12.9. The maximum Gasteiger partial charge on any atom is 0.261 e. The number of hydrogen-bond donors (Lipinski definition) is 1. The van der Waals surface area contributed by atoms with Crippen LogP contribution in [0, 0.1) is 20.8 Å². The predicted molar refractivity (Wildman–Crippen MR) is 145 cm³/mol. The van der Waals surface area contributed by atoms with E-state index < -0.39 is 10.0 Å². The van der Waals surface area contributed by atoms with Gasteiger partial charge in [0.05, 0.1) is 12.0 Å². The molecule has 3 aromatic rings. The second-order valence-electron chi connectivity index (χ2n) is 9.19. The highest BCUT2D eigenvalue weighted by Gasteiger charge is 2.22. The number of anilines is 2. The van der Waals surface area contributed by atoms with Crippen molar-refractivity contribution in [1.82, 2.24) is 4.90 Å². The highest BCUT2D eigenvalue weighted by molar-refractivity contribution is 7.92. The minimum atomic E-state index is -3.76. The Labute approximate surface area is 218 Å². The van der Waals surface area contributed by atoms with Gasteiger partial charge in [-0.1, -0.05) is 6.07 Å². The molecule has 1 aliphatic heterocycles. The second-order valence-corrected chi connectivity index (χ2v) is 10.9. The van der Waals surface area contributed by atoms with Crippen molar-refractivity contribution in [3.05, 3.63) is 77.4 Å². The Hall–Kier alpha value is -3.72. The molecule has 9 heteroatoms. The number of benzene rings is 3. The van der Waals surface area contributed by atoms with Crippen molar-refractivity contribution in [2.75, 3.05) is 49.5 Å². The van der Waals surface area contributed by atoms with Gasteiger partial charge in [-0.25, -0.2) is 8.42 Å². The van der Waals surface area contributed by atoms with Gasteiger partial charge in [-0.05, 0) is 92.1 Å². The lowest BCUT2D eigenvalue weighted by Gasteiger charge is -2.36. The SMILES string of the molecule is COc1ccc(N2CCN(C(=O)COc3ccc(S(=O)(=O)Nc4ccc(C)c(C)c4)cc3C)CC2)cc1. The van der Waals surface area contributed by atoms with Gasteiger partial charge in [-0.2, -0.15) is 0 Å². The monoisotopic (exact) mass is 523 g/mol. The van der Waals surface area contributed by atoms with Crippen LogP contribution in [0.1, 0.15) is 16.7 Å². The number of nitrogens with one attached hydrogen (secondary N) is 1. The van der Waals surface area contributed by atoms with E-state index in [1.807, 2.05) is 44.2 Å². The quantitative estimate of drug-likeness (QED) is 0.477. The van der Waals surface area contributed by atoms with Gasteiger partial charge < -0.3 is 19.3 Å². The zero-order valence-corrected chi connectivity index (χ0v) is 22.5. The van der Waals surface area contributed by atoms with Crippen molar-refractivity contribution in [2.24, 2.45) is 0 Å². The summed E-state index contributed by atoms with van der Waals surface area (Å²) < 4.78 is 39.4. The summed E-state index contributed by atoms with van der Waals surface area (Å²) in [5.74, 6) is 1.20. The van der Waals surface area contributed by atoms with Crippen LogP contribution in [0.15, 0.2) is 65.6 Å². The van der Waals surface area contributed by atoms with E-state index in [1.165, 1.54) is 6.07 Å². The number of piperazine rings is 1. The average molecular weight is 524 g/mol. The largest absolute Gasteiger partial charge is 0.497 e. The molecule has 1 aliphatic rings. The van der Waals surface area contributed by atoms with Crippen LogP contribution in [-0.2, 0) is 14.8 Å². The van der Waals surface area contributed by atoms with E-state index in [-0.39, 0.29) is 17.4 Å². The number of rotatable bonds is 8. The first-order chi connectivity index (χ1) is 17.7. The average Bonchev–Trinajstić information content (AvgIpc) is 2.90. The fraction of sp³-hybridized carbons (Fsp3) is 0.321. The molecule has 1 amide bonds. The van der Waals surface area contributed by atoms with Crippen molar-refractivity contribution in [2.45, 2.75) is 25.7 Å². The predicted octanol–water partition coefficient (Wildman–Crippen LogP) is 4.15. The summed E-state index contributed by atoms with van der Waals surface area (Å²) in [6, 6.07) is 18.0. The third kappa shape index (κ3) is 6.35. The highest BCUT2D eigenvalue weighted by Crippen LogP contribution is 2.25. The van der Waals surface area contributed by atoms with Crippen molar-refractivity contribution in [1.29, 1.82) is 0 Å². The van der Waals surface area contributed by atoms with Gasteiger partial charge in [-0.15, -0.1) is 0 Å². The minimum Gasteiger partial charge on any atom is -0.497 e. The lowest BCUT2D eigenvalue weighted by Crippen LogP contribution is -2.50. The molecule has 37 heavy (non-hydrogen) atoms. The zero-order valence-electron chi connectivity index (χ0n) is 21.7. The van der Waals surface area contributed by atoms with Crippen LogP contribution in [0.4, 0.5) is 11.4 Å². The molecule has 3 aromatic carbocycles. The molecule has 0 bridgehead atoms. The topological polar surface area (TPSA) is 88.2 Å². The molecule has 1 N–H and O–H groups in total. The van der Waals surface area contributed by atoms with E-state index in [0.29, 0.717) is 30.1 Å². The Morgan fingerprint density at radius 3 is 2.19 bits per heavy atom. The van der Waals surface area contributed by atoms with Crippen LogP contribution < -0.4 is 19.1 Å². The fourth-order valence-corrected chi connectivity index (χ4v) is 5.34. The summed E-state index contributed by atoms with van der Waals surface area (Å²) in [6.07, 6.45) is 0. The van der Waals surface area contributed by atoms with E-state index in [2.05, 4.69) is 9.62 Å². The number of sulfonamides is 1. The number of carbonyl (C=O) groups excluding carboxylic acids is 1. The van der Waals surface area contributed by atoms with Gasteiger partial charge in [0.25, 0.3) is 15.9 Å². The second kappa shape index (κ2) is 11.1. The van der Waals surface area contributed by atoms with E-state index >= 15 is 0 Å². The Morgan fingerprint density at radius 2 is 1.57 bits per heavy atom. The third-order valence-corrected chi connectivity index (χ3v) is 8.02. The Morgan fingerprint density at radius 1 is 0.865 bits per heavy atom. The zero-order chi connectivity index (χ0) is 26.6. The van der Waals surface area contributed by atoms with Crippen LogP contribution in [0.2, 0.25) is 0 Å².